The van der Waals surface area contributed by atoms with Gasteiger partial charge in [-0.2, -0.15) is 0 Å². The van der Waals surface area contributed by atoms with Crippen LogP contribution in [0, 0.1) is 0 Å². The molecule has 0 saturated heterocycles. The molecule has 30 heavy (non-hydrogen) atoms. The Morgan fingerprint density at radius 1 is 1.07 bits per heavy atom. The molecule has 3 aromatic rings. The summed E-state index contributed by atoms with van der Waals surface area (Å²) in [7, 11) is -2.08. The van der Waals surface area contributed by atoms with Crippen LogP contribution in [0.4, 0.5) is 0 Å². The standard InChI is InChI=1S/C22H23ClN2O4S/c1-28-16-29-21-8-4-17(5-9-21)13-19(18-3-2-12-24-14-18)15-25-30(26,27)22-10-6-20(23)7-11-22/h2-12,14,19,25H,13,15-16H2,1H3. The summed E-state index contributed by atoms with van der Waals surface area (Å²) in [6.45, 7) is 0.419. The number of methoxy groups -OCH3 is 1. The molecule has 1 aromatic heterocycles. The number of ether oxygens (including phenoxy) is 2. The van der Waals surface area contributed by atoms with Gasteiger partial charge in [-0.05, 0) is 60.0 Å². The number of halogens is 1. The van der Waals surface area contributed by atoms with Crippen LogP contribution in [-0.2, 0) is 21.2 Å². The van der Waals surface area contributed by atoms with Crippen LogP contribution in [0.15, 0.2) is 78.0 Å². The number of hydrogen-bond donors (Lipinski definition) is 1. The molecule has 1 atom stereocenters. The highest BCUT2D eigenvalue weighted by Gasteiger charge is 2.19. The minimum absolute atomic E-state index is 0.0912. The van der Waals surface area contributed by atoms with Crippen molar-refractivity contribution in [1.29, 1.82) is 0 Å². The summed E-state index contributed by atoms with van der Waals surface area (Å²) < 4.78 is 38.4. The number of hydrogen-bond acceptors (Lipinski definition) is 5. The molecule has 0 aliphatic carbocycles. The van der Waals surface area contributed by atoms with E-state index in [0.717, 1.165) is 11.1 Å². The van der Waals surface area contributed by atoms with Gasteiger partial charge in [0.25, 0.3) is 0 Å². The molecule has 6 nitrogen and oxygen atoms in total. The molecule has 0 bridgehead atoms. The maximum absolute atomic E-state index is 12.7. The second-order valence-electron chi connectivity index (χ2n) is 6.69. The van der Waals surface area contributed by atoms with Gasteiger partial charge < -0.3 is 9.47 Å². The van der Waals surface area contributed by atoms with Crippen LogP contribution in [0.1, 0.15) is 17.0 Å². The van der Waals surface area contributed by atoms with E-state index >= 15 is 0 Å². The summed E-state index contributed by atoms with van der Waals surface area (Å²) in [5.41, 5.74) is 2.01. The van der Waals surface area contributed by atoms with E-state index in [1.54, 1.807) is 31.6 Å². The third-order valence-corrected chi connectivity index (χ3v) is 6.24. The van der Waals surface area contributed by atoms with Gasteiger partial charge in [0.1, 0.15) is 5.75 Å². The van der Waals surface area contributed by atoms with E-state index in [4.69, 9.17) is 21.1 Å². The summed E-state index contributed by atoms with van der Waals surface area (Å²) in [4.78, 5) is 4.36. The zero-order chi connectivity index (χ0) is 21.4. The summed E-state index contributed by atoms with van der Waals surface area (Å²) >= 11 is 5.86. The molecular formula is C22H23ClN2O4S. The Kier molecular flexibility index (Phi) is 7.81. The molecule has 1 N–H and O–H groups in total. The second kappa shape index (κ2) is 10.5. The van der Waals surface area contributed by atoms with E-state index in [9.17, 15) is 8.42 Å². The molecule has 0 aliphatic rings. The SMILES string of the molecule is COCOc1ccc(CC(CNS(=O)(=O)c2ccc(Cl)cc2)c2cccnc2)cc1. The van der Waals surface area contributed by atoms with Gasteiger partial charge in [0, 0.05) is 37.0 Å². The first-order valence-electron chi connectivity index (χ1n) is 9.34. The van der Waals surface area contributed by atoms with Gasteiger partial charge in [-0.15, -0.1) is 0 Å². The monoisotopic (exact) mass is 446 g/mol. The maximum atomic E-state index is 12.7. The second-order valence-corrected chi connectivity index (χ2v) is 8.89. The van der Waals surface area contributed by atoms with Crippen molar-refractivity contribution in [2.75, 3.05) is 20.4 Å². The van der Waals surface area contributed by atoms with E-state index in [1.807, 2.05) is 36.4 Å². The number of pyridine rings is 1. The van der Waals surface area contributed by atoms with Crippen LogP contribution >= 0.6 is 11.6 Å². The van der Waals surface area contributed by atoms with Crippen LogP contribution in [-0.4, -0.2) is 33.8 Å². The Hall–Kier alpha value is -2.45. The maximum Gasteiger partial charge on any atom is 0.240 e. The first-order valence-corrected chi connectivity index (χ1v) is 11.2. The topological polar surface area (TPSA) is 77.5 Å². The van der Waals surface area contributed by atoms with Gasteiger partial charge in [-0.3, -0.25) is 4.98 Å². The van der Waals surface area contributed by atoms with Gasteiger partial charge in [-0.1, -0.05) is 29.8 Å². The summed E-state index contributed by atoms with van der Waals surface area (Å²) in [5.74, 6) is 0.619. The fraction of sp³-hybridized carbons (Fsp3) is 0.227. The van der Waals surface area contributed by atoms with E-state index in [0.29, 0.717) is 17.2 Å². The van der Waals surface area contributed by atoms with Gasteiger partial charge >= 0.3 is 0 Å². The molecule has 0 spiro atoms. The summed E-state index contributed by atoms with van der Waals surface area (Å²) in [5, 5.41) is 0.486. The van der Waals surface area contributed by atoms with E-state index in [1.165, 1.54) is 12.1 Å². The lowest BCUT2D eigenvalue weighted by Crippen LogP contribution is -2.29. The van der Waals surface area contributed by atoms with Crippen molar-refractivity contribution in [3.63, 3.8) is 0 Å². The highest BCUT2D eigenvalue weighted by molar-refractivity contribution is 7.89. The lowest BCUT2D eigenvalue weighted by atomic mass is 9.93. The third-order valence-electron chi connectivity index (χ3n) is 4.55. The van der Waals surface area contributed by atoms with Crippen LogP contribution < -0.4 is 9.46 Å². The predicted octanol–water partition coefficient (Wildman–Crippen LogP) is 4.02. The molecule has 1 unspecified atom stereocenters. The summed E-state index contributed by atoms with van der Waals surface area (Å²) in [6, 6.07) is 17.5. The number of benzene rings is 2. The summed E-state index contributed by atoms with van der Waals surface area (Å²) in [6.07, 6.45) is 4.09. The van der Waals surface area contributed by atoms with Crippen molar-refractivity contribution < 1.29 is 17.9 Å². The lowest BCUT2D eigenvalue weighted by molar-refractivity contribution is 0.0511. The number of rotatable bonds is 10. The quantitative estimate of drug-likeness (QED) is 0.476. The third kappa shape index (κ3) is 6.27. The molecule has 2 aromatic carbocycles. The zero-order valence-corrected chi connectivity index (χ0v) is 18.1. The van der Waals surface area contributed by atoms with E-state index in [2.05, 4.69) is 9.71 Å². The fourth-order valence-electron chi connectivity index (χ4n) is 2.97. The van der Waals surface area contributed by atoms with Crippen LogP contribution in [0.3, 0.4) is 0 Å². The van der Waals surface area contributed by atoms with Crippen molar-refractivity contribution in [2.24, 2.45) is 0 Å². The Morgan fingerprint density at radius 2 is 1.80 bits per heavy atom. The number of aromatic nitrogens is 1. The minimum atomic E-state index is -3.65. The highest BCUT2D eigenvalue weighted by atomic mass is 35.5. The number of sulfonamides is 1. The molecule has 0 aliphatic heterocycles. The lowest BCUT2D eigenvalue weighted by Gasteiger charge is -2.18. The van der Waals surface area contributed by atoms with Gasteiger partial charge in [0.05, 0.1) is 4.90 Å². The average Bonchev–Trinajstić information content (AvgIpc) is 2.77. The normalized spacial score (nSPS) is 12.5. The minimum Gasteiger partial charge on any atom is -0.468 e. The molecular weight excluding hydrogens is 424 g/mol. The molecule has 0 amide bonds. The first kappa shape index (κ1) is 22.2. The van der Waals surface area contributed by atoms with Crippen LogP contribution in [0.25, 0.3) is 0 Å². The average molecular weight is 447 g/mol. The van der Waals surface area contributed by atoms with Gasteiger partial charge in [-0.25, -0.2) is 13.1 Å². The Balaban J connectivity index is 1.74. The van der Waals surface area contributed by atoms with E-state index in [-0.39, 0.29) is 24.2 Å². The zero-order valence-electron chi connectivity index (χ0n) is 16.5. The predicted molar refractivity (Wildman–Crippen MR) is 116 cm³/mol. The Labute approximate surface area is 181 Å². The van der Waals surface area contributed by atoms with Crippen molar-refractivity contribution >= 4 is 21.6 Å². The molecule has 1 heterocycles. The van der Waals surface area contributed by atoms with Crippen molar-refractivity contribution in [2.45, 2.75) is 17.2 Å². The molecule has 3 rings (SSSR count). The van der Waals surface area contributed by atoms with E-state index < -0.39 is 10.0 Å². The number of nitrogens with one attached hydrogen (secondary N) is 1. The molecule has 8 heteroatoms. The highest BCUT2D eigenvalue weighted by Crippen LogP contribution is 2.23. The molecule has 0 fully saturated rings. The molecule has 158 valence electrons. The number of nitrogens with zero attached hydrogens (tertiary/aromatic N) is 1. The van der Waals surface area contributed by atoms with Crippen molar-refractivity contribution in [1.82, 2.24) is 9.71 Å². The van der Waals surface area contributed by atoms with Crippen molar-refractivity contribution in [3.8, 4) is 5.75 Å². The van der Waals surface area contributed by atoms with Gasteiger partial charge in [0.15, 0.2) is 6.79 Å². The first-order chi connectivity index (χ1) is 14.5. The largest absolute Gasteiger partial charge is 0.468 e. The Morgan fingerprint density at radius 3 is 2.43 bits per heavy atom. The van der Waals surface area contributed by atoms with Crippen molar-refractivity contribution in [3.05, 3.63) is 89.2 Å². The fourth-order valence-corrected chi connectivity index (χ4v) is 4.17. The Bertz CT molecular complexity index is 1030. The van der Waals surface area contributed by atoms with Crippen LogP contribution in [0.5, 0.6) is 5.75 Å². The smallest absolute Gasteiger partial charge is 0.240 e. The van der Waals surface area contributed by atoms with Crippen LogP contribution in [0.2, 0.25) is 5.02 Å². The molecule has 0 saturated carbocycles. The molecule has 0 radical (unpaired) electrons. The van der Waals surface area contributed by atoms with Gasteiger partial charge in [0.2, 0.25) is 10.0 Å².